The number of amides is 1. The van der Waals surface area contributed by atoms with Gasteiger partial charge in [0.05, 0.1) is 45.4 Å². The van der Waals surface area contributed by atoms with E-state index in [1.807, 2.05) is 0 Å². The number of nitrogens with zero attached hydrogens (tertiary/aromatic N) is 4. The normalized spacial score (nSPS) is 25.6. The van der Waals surface area contributed by atoms with Gasteiger partial charge in [0.15, 0.2) is 11.5 Å². The van der Waals surface area contributed by atoms with Crippen molar-refractivity contribution >= 4 is 40.9 Å². The number of carboxylic acids is 1. The summed E-state index contributed by atoms with van der Waals surface area (Å²) >= 11 is 12.3. The summed E-state index contributed by atoms with van der Waals surface area (Å²) in [6.07, 6.45) is 3.26. The molecule has 0 aromatic carbocycles. The van der Waals surface area contributed by atoms with Gasteiger partial charge in [-0.1, -0.05) is 29.6 Å². The highest BCUT2D eigenvalue weighted by atomic mass is 35.5. The standard InChI is InChI=1S/C27H29Cl2F3N4O4/c1-25(24(39)40)8-3-15(4-9-25)36-22(27(30,31)32)16(11-34-36)23(38)35(20-5-10-26(20)6-2-7-26)14-19(37)21-17(28)12-33-13-18(21)29/h11-13,15,20H,2-10,14H2,1H3,(H,39,40)/t15?,20-,25?/m0/s1. The summed E-state index contributed by atoms with van der Waals surface area (Å²) in [5.74, 6) is -2.50. The van der Waals surface area contributed by atoms with Gasteiger partial charge in [0, 0.05) is 18.4 Å². The second-order valence-electron chi connectivity index (χ2n) is 11.6. The Hall–Kier alpha value is -2.66. The molecule has 13 heteroatoms. The third-order valence-electron chi connectivity index (χ3n) is 9.27. The number of pyridine rings is 1. The maximum atomic E-state index is 14.5. The minimum atomic E-state index is -4.91. The fraction of sp³-hybridized carbons (Fsp3) is 0.593. The molecule has 1 N–H and O–H groups in total. The molecular weight excluding hydrogens is 572 g/mol. The van der Waals surface area contributed by atoms with E-state index >= 15 is 0 Å². The van der Waals surface area contributed by atoms with Crippen molar-refractivity contribution in [3.8, 4) is 0 Å². The number of ketones is 1. The van der Waals surface area contributed by atoms with Crippen LogP contribution in [-0.2, 0) is 11.0 Å². The lowest BCUT2D eigenvalue weighted by atomic mass is 9.52. The molecule has 3 aliphatic rings. The minimum Gasteiger partial charge on any atom is -0.481 e. The molecule has 3 saturated carbocycles. The Morgan fingerprint density at radius 1 is 1.05 bits per heavy atom. The van der Waals surface area contributed by atoms with Crippen LogP contribution in [0.3, 0.4) is 0 Å². The van der Waals surface area contributed by atoms with Crippen molar-refractivity contribution in [3.63, 3.8) is 0 Å². The summed E-state index contributed by atoms with van der Waals surface area (Å²) in [4.78, 5) is 44.0. The van der Waals surface area contributed by atoms with Gasteiger partial charge in [0.2, 0.25) is 0 Å². The molecule has 2 aromatic rings. The van der Waals surface area contributed by atoms with E-state index in [1.54, 1.807) is 6.92 Å². The summed E-state index contributed by atoms with van der Waals surface area (Å²) in [7, 11) is 0. The van der Waals surface area contributed by atoms with Crippen molar-refractivity contribution in [1.29, 1.82) is 0 Å². The number of Topliss-reactive ketones (excluding diaryl/α,β-unsaturated/α-hetero) is 1. The average molecular weight is 601 g/mol. The lowest BCUT2D eigenvalue weighted by Crippen LogP contribution is -2.61. The highest BCUT2D eigenvalue weighted by molar-refractivity contribution is 6.39. The van der Waals surface area contributed by atoms with E-state index in [9.17, 15) is 32.7 Å². The molecule has 0 bridgehead atoms. The van der Waals surface area contributed by atoms with Crippen LogP contribution in [0.4, 0.5) is 13.2 Å². The van der Waals surface area contributed by atoms with Crippen LogP contribution in [0.15, 0.2) is 18.6 Å². The fourth-order valence-corrected chi connectivity index (χ4v) is 7.12. The molecule has 0 radical (unpaired) electrons. The molecule has 3 fully saturated rings. The highest BCUT2D eigenvalue weighted by Crippen LogP contribution is 2.58. The molecule has 0 unspecified atom stereocenters. The summed E-state index contributed by atoms with van der Waals surface area (Å²) in [5.41, 5.74) is -3.07. The SMILES string of the molecule is CC1(C(=O)O)CCC(n2ncc(C(=O)N(CC(=O)c3c(Cl)cncc3Cl)[C@H]3CCC34CCC4)c2C(F)(F)F)CC1. The number of halogens is 5. The van der Waals surface area contributed by atoms with E-state index in [0.717, 1.165) is 36.6 Å². The molecule has 0 aliphatic heterocycles. The van der Waals surface area contributed by atoms with Gasteiger partial charge in [-0.05, 0) is 63.7 Å². The Bertz CT molecular complexity index is 1320. The molecule has 0 saturated heterocycles. The van der Waals surface area contributed by atoms with Gasteiger partial charge in [-0.25, -0.2) is 0 Å². The van der Waals surface area contributed by atoms with Crippen molar-refractivity contribution in [2.24, 2.45) is 10.8 Å². The van der Waals surface area contributed by atoms with Crippen LogP contribution in [0.25, 0.3) is 0 Å². The average Bonchev–Trinajstić information content (AvgIpc) is 3.28. The maximum Gasteiger partial charge on any atom is 0.433 e. The Labute approximate surface area is 238 Å². The van der Waals surface area contributed by atoms with E-state index in [4.69, 9.17) is 23.2 Å². The molecular formula is C27H29Cl2F3N4O4. The number of hydrogen-bond acceptors (Lipinski definition) is 5. The number of rotatable bonds is 7. The summed E-state index contributed by atoms with van der Waals surface area (Å²) in [6.45, 7) is 1.09. The second-order valence-corrected chi connectivity index (χ2v) is 12.4. The van der Waals surface area contributed by atoms with Crippen LogP contribution in [-0.4, -0.2) is 55.0 Å². The third kappa shape index (κ3) is 4.89. The van der Waals surface area contributed by atoms with Gasteiger partial charge < -0.3 is 10.0 Å². The van der Waals surface area contributed by atoms with Gasteiger partial charge in [0.1, 0.15) is 0 Å². The first-order chi connectivity index (χ1) is 18.8. The quantitative estimate of drug-likeness (QED) is 0.365. The largest absolute Gasteiger partial charge is 0.481 e. The molecule has 8 nitrogen and oxygen atoms in total. The van der Waals surface area contributed by atoms with Crippen LogP contribution < -0.4 is 0 Å². The van der Waals surface area contributed by atoms with Gasteiger partial charge >= 0.3 is 12.1 Å². The van der Waals surface area contributed by atoms with Crippen LogP contribution in [0.1, 0.15) is 97.2 Å². The van der Waals surface area contributed by atoms with Gasteiger partial charge in [-0.2, -0.15) is 18.3 Å². The number of carboxylic acid groups (broad SMARTS) is 1. The summed E-state index contributed by atoms with van der Waals surface area (Å²) < 4.78 is 44.4. The second kappa shape index (κ2) is 10.3. The maximum absolute atomic E-state index is 14.5. The number of aromatic nitrogens is 3. The van der Waals surface area contributed by atoms with Crippen LogP contribution in [0, 0.1) is 10.8 Å². The smallest absolute Gasteiger partial charge is 0.433 e. The molecule has 1 atom stereocenters. The van der Waals surface area contributed by atoms with Crippen LogP contribution in [0.5, 0.6) is 0 Å². The first-order valence-electron chi connectivity index (χ1n) is 13.3. The number of alkyl halides is 3. The zero-order valence-corrected chi connectivity index (χ0v) is 23.3. The summed E-state index contributed by atoms with van der Waals surface area (Å²) in [5, 5.41) is 13.5. The monoisotopic (exact) mass is 600 g/mol. The van der Waals surface area contributed by atoms with Crippen LogP contribution in [0.2, 0.25) is 10.0 Å². The molecule has 216 valence electrons. The molecule has 2 aromatic heterocycles. The lowest BCUT2D eigenvalue weighted by Gasteiger charge is -2.59. The van der Waals surface area contributed by atoms with Crippen molar-refractivity contribution in [2.45, 2.75) is 83.0 Å². The topological polar surface area (TPSA) is 105 Å². The number of aliphatic carboxylic acids is 1. The van der Waals surface area contributed by atoms with Crippen molar-refractivity contribution in [2.75, 3.05) is 6.54 Å². The summed E-state index contributed by atoms with van der Waals surface area (Å²) in [6, 6.07) is -1.11. The van der Waals surface area contributed by atoms with Crippen LogP contribution >= 0.6 is 23.2 Å². The van der Waals surface area contributed by atoms with E-state index in [1.165, 1.54) is 17.3 Å². The minimum absolute atomic E-state index is 0.00803. The van der Waals surface area contributed by atoms with Gasteiger partial charge in [-0.15, -0.1) is 0 Å². The van der Waals surface area contributed by atoms with Crippen molar-refractivity contribution in [1.82, 2.24) is 19.7 Å². The van der Waals surface area contributed by atoms with E-state index in [-0.39, 0.29) is 46.7 Å². The Morgan fingerprint density at radius 2 is 1.68 bits per heavy atom. The molecule has 40 heavy (non-hydrogen) atoms. The molecule has 5 rings (SSSR count). The van der Waals surface area contributed by atoms with Crippen molar-refractivity contribution in [3.05, 3.63) is 45.5 Å². The zero-order valence-electron chi connectivity index (χ0n) is 21.8. The Balaban J connectivity index is 1.49. The molecule has 3 aliphatic carbocycles. The zero-order chi connectivity index (χ0) is 29.0. The Kier molecular flexibility index (Phi) is 7.44. The lowest BCUT2D eigenvalue weighted by molar-refractivity contribution is -0.152. The third-order valence-corrected chi connectivity index (χ3v) is 9.84. The first kappa shape index (κ1) is 28.9. The number of hydrogen-bond donors (Lipinski definition) is 1. The van der Waals surface area contributed by atoms with E-state index < -0.39 is 59.1 Å². The highest BCUT2D eigenvalue weighted by Gasteiger charge is 2.55. The predicted octanol–water partition coefficient (Wildman–Crippen LogP) is 6.47. The van der Waals surface area contributed by atoms with E-state index in [0.29, 0.717) is 6.42 Å². The van der Waals surface area contributed by atoms with E-state index in [2.05, 4.69) is 10.1 Å². The molecule has 1 spiro atoms. The van der Waals surface area contributed by atoms with Gasteiger partial charge in [0.25, 0.3) is 5.91 Å². The van der Waals surface area contributed by atoms with Gasteiger partial charge in [-0.3, -0.25) is 24.0 Å². The number of carbonyl (C=O) groups is 3. The predicted molar refractivity (Wildman–Crippen MR) is 139 cm³/mol. The first-order valence-corrected chi connectivity index (χ1v) is 14.0. The van der Waals surface area contributed by atoms with Crippen molar-refractivity contribution < 1.29 is 32.7 Å². The Morgan fingerprint density at radius 3 is 2.15 bits per heavy atom. The fourth-order valence-electron chi connectivity index (χ4n) is 6.55. The molecule has 1 amide bonds. The molecule has 2 heterocycles. The number of carbonyl (C=O) groups excluding carboxylic acids is 2.